The van der Waals surface area contributed by atoms with Gasteiger partial charge in [-0.25, -0.2) is 8.42 Å². The highest BCUT2D eigenvalue weighted by Gasteiger charge is 2.31. The molecular formula is C24H30ClN3O4S. The first-order valence-corrected chi connectivity index (χ1v) is 13.2. The van der Waals surface area contributed by atoms with Gasteiger partial charge in [-0.1, -0.05) is 54.8 Å². The Morgan fingerprint density at radius 2 is 1.67 bits per heavy atom. The van der Waals surface area contributed by atoms with Crippen LogP contribution in [0.4, 0.5) is 5.69 Å². The fourth-order valence-electron chi connectivity index (χ4n) is 3.98. The quantitative estimate of drug-likeness (QED) is 0.580. The van der Waals surface area contributed by atoms with Gasteiger partial charge in [0.1, 0.15) is 12.6 Å². The first kappa shape index (κ1) is 25.1. The molecule has 2 aromatic carbocycles. The molecule has 1 atom stereocenters. The lowest BCUT2D eigenvalue weighted by molar-refractivity contribution is -0.139. The number of anilines is 1. The molecule has 1 aliphatic carbocycles. The molecule has 9 heteroatoms. The molecule has 2 amide bonds. The van der Waals surface area contributed by atoms with Gasteiger partial charge in [0.05, 0.1) is 11.9 Å². The summed E-state index contributed by atoms with van der Waals surface area (Å²) in [5, 5.41) is 3.50. The minimum atomic E-state index is -3.75. The average Bonchev–Trinajstić information content (AvgIpc) is 3.29. The standard InChI is InChI=1S/C24H30ClN3O4S/c1-18(24(30)26-21-10-6-7-11-21)27(16-19-8-4-3-5-9-19)23(29)17-28(33(2,31)32)22-14-12-20(25)13-15-22/h3-5,8-9,12-15,18,21H,6-7,10-11,16-17H2,1-2H3,(H,26,30). The molecule has 33 heavy (non-hydrogen) atoms. The first-order chi connectivity index (χ1) is 15.6. The number of benzene rings is 2. The Labute approximate surface area is 200 Å². The van der Waals surface area contributed by atoms with Crippen molar-refractivity contribution in [3.05, 3.63) is 65.2 Å². The molecule has 0 bridgehead atoms. The Bertz CT molecular complexity index is 1050. The predicted octanol–water partition coefficient (Wildman–Crippen LogP) is 3.58. The lowest BCUT2D eigenvalue weighted by atomic mass is 10.1. The molecule has 1 aliphatic rings. The minimum absolute atomic E-state index is 0.121. The molecule has 1 unspecified atom stereocenters. The maximum atomic E-state index is 13.4. The van der Waals surface area contributed by atoms with E-state index < -0.39 is 28.5 Å². The van der Waals surface area contributed by atoms with Crippen LogP contribution >= 0.6 is 11.6 Å². The van der Waals surface area contributed by atoms with Gasteiger partial charge in [-0.15, -0.1) is 0 Å². The van der Waals surface area contributed by atoms with Gasteiger partial charge in [-0.2, -0.15) is 0 Å². The number of amides is 2. The van der Waals surface area contributed by atoms with Crippen molar-refractivity contribution >= 4 is 39.1 Å². The van der Waals surface area contributed by atoms with Gasteiger partial charge in [0.15, 0.2) is 0 Å². The molecular weight excluding hydrogens is 462 g/mol. The van der Waals surface area contributed by atoms with Crippen LogP contribution in [0.15, 0.2) is 54.6 Å². The van der Waals surface area contributed by atoms with Crippen molar-refractivity contribution in [1.82, 2.24) is 10.2 Å². The summed E-state index contributed by atoms with van der Waals surface area (Å²) in [6.07, 6.45) is 5.08. The van der Waals surface area contributed by atoms with Crippen LogP contribution in [0.1, 0.15) is 38.2 Å². The molecule has 1 fully saturated rings. The van der Waals surface area contributed by atoms with Gasteiger partial charge in [-0.05, 0) is 49.6 Å². The van der Waals surface area contributed by atoms with E-state index in [0.29, 0.717) is 10.7 Å². The number of carbonyl (C=O) groups excluding carboxylic acids is 2. The predicted molar refractivity (Wildman–Crippen MR) is 130 cm³/mol. The van der Waals surface area contributed by atoms with E-state index in [1.807, 2.05) is 30.3 Å². The zero-order chi connectivity index (χ0) is 24.0. The second-order valence-electron chi connectivity index (χ2n) is 8.42. The maximum Gasteiger partial charge on any atom is 0.244 e. The largest absolute Gasteiger partial charge is 0.352 e. The summed E-state index contributed by atoms with van der Waals surface area (Å²) in [6.45, 7) is 1.45. The third-order valence-electron chi connectivity index (χ3n) is 5.86. The summed E-state index contributed by atoms with van der Waals surface area (Å²) >= 11 is 5.94. The van der Waals surface area contributed by atoms with E-state index in [1.165, 1.54) is 4.90 Å². The molecule has 0 saturated heterocycles. The van der Waals surface area contributed by atoms with E-state index in [9.17, 15) is 18.0 Å². The molecule has 1 saturated carbocycles. The van der Waals surface area contributed by atoms with E-state index >= 15 is 0 Å². The van der Waals surface area contributed by atoms with Crippen LogP contribution in [-0.2, 0) is 26.2 Å². The maximum absolute atomic E-state index is 13.4. The van der Waals surface area contributed by atoms with E-state index in [1.54, 1.807) is 31.2 Å². The molecule has 0 aromatic heterocycles. The summed E-state index contributed by atoms with van der Waals surface area (Å²) in [5.74, 6) is -0.697. The van der Waals surface area contributed by atoms with Crippen LogP contribution in [0.5, 0.6) is 0 Å². The lowest BCUT2D eigenvalue weighted by Gasteiger charge is -2.32. The summed E-state index contributed by atoms with van der Waals surface area (Å²) in [5.41, 5.74) is 1.18. The van der Waals surface area contributed by atoms with Gasteiger partial charge in [0.2, 0.25) is 21.8 Å². The third kappa shape index (κ3) is 6.95. The lowest BCUT2D eigenvalue weighted by Crippen LogP contribution is -2.52. The summed E-state index contributed by atoms with van der Waals surface area (Å²) in [4.78, 5) is 27.9. The van der Waals surface area contributed by atoms with Crippen LogP contribution in [0.25, 0.3) is 0 Å². The Morgan fingerprint density at radius 1 is 1.06 bits per heavy atom. The van der Waals surface area contributed by atoms with E-state index in [-0.39, 0.29) is 18.5 Å². The topological polar surface area (TPSA) is 86.8 Å². The fraction of sp³-hybridized carbons (Fsp3) is 0.417. The number of hydrogen-bond donors (Lipinski definition) is 1. The van der Waals surface area contributed by atoms with Gasteiger partial charge < -0.3 is 10.2 Å². The Hall–Kier alpha value is -2.58. The molecule has 7 nitrogen and oxygen atoms in total. The number of nitrogens with one attached hydrogen (secondary N) is 1. The highest BCUT2D eigenvalue weighted by Crippen LogP contribution is 2.22. The minimum Gasteiger partial charge on any atom is -0.352 e. The van der Waals surface area contributed by atoms with Crippen molar-refractivity contribution in [2.45, 2.75) is 51.2 Å². The number of nitrogens with zero attached hydrogens (tertiary/aromatic N) is 2. The highest BCUT2D eigenvalue weighted by molar-refractivity contribution is 7.92. The zero-order valence-electron chi connectivity index (χ0n) is 18.9. The van der Waals surface area contributed by atoms with Crippen molar-refractivity contribution in [1.29, 1.82) is 0 Å². The van der Waals surface area contributed by atoms with Crippen molar-refractivity contribution in [3.8, 4) is 0 Å². The van der Waals surface area contributed by atoms with E-state index in [2.05, 4.69) is 5.32 Å². The molecule has 3 rings (SSSR count). The molecule has 0 aliphatic heterocycles. The van der Waals surface area contributed by atoms with Crippen molar-refractivity contribution < 1.29 is 18.0 Å². The van der Waals surface area contributed by atoms with Crippen molar-refractivity contribution in [2.24, 2.45) is 0 Å². The van der Waals surface area contributed by atoms with Gasteiger partial charge in [0, 0.05) is 17.6 Å². The van der Waals surface area contributed by atoms with Crippen LogP contribution < -0.4 is 9.62 Å². The smallest absolute Gasteiger partial charge is 0.244 e. The molecule has 0 heterocycles. The summed E-state index contributed by atoms with van der Waals surface area (Å²) in [6, 6.07) is 14.9. The molecule has 1 N–H and O–H groups in total. The van der Waals surface area contributed by atoms with Crippen molar-refractivity contribution in [3.63, 3.8) is 0 Å². The Kier molecular flexibility index (Phi) is 8.37. The van der Waals surface area contributed by atoms with Gasteiger partial charge in [-0.3, -0.25) is 13.9 Å². The fourth-order valence-corrected chi connectivity index (χ4v) is 4.95. The second-order valence-corrected chi connectivity index (χ2v) is 10.8. The Morgan fingerprint density at radius 3 is 2.24 bits per heavy atom. The molecule has 178 valence electrons. The van der Waals surface area contributed by atoms with Crippen molar-refractivity contribution in [2.75, 3.05) is 17.1 Å². The number of halogens is 1. The zero-order valence-corrected chi connectivity index (χ0v) is 20.5. The summed E-state index contributed by atoms with van der Waals surface area (Å²) in [7, 11) is -3.75. The van der Waals surface area contributed by atoms with Crippen LogP contribution in [0.3, 0.4) is 0 Å². The average molecular weight is 492 g/mol. The number of hydrogen-bond acceptors (Lipinski definition) is 4. The monoisotopic (exact) mass is 491 g/mol. The molecule has 2 aromatic rings. The number of sulfonamides is 1. The molecule has 0 radical (unpaired) electrons. The number of carbonyl (C=O) groups is 2. The third-order valence-corrected chi connectivity index (χ3v) is 7.25. The second kappa shape index (κ2) is 11.0. The van der Waals surface area contributed by atoms with Gasteiger partial charge in [0.25, 0.3) is 0 Å². The van der Waals surface area contributed by atoms with Crippen LogP contribution in [0.2, 0.25) is 5.02 Å². The Balaban J connectivity index is 1.84. The number of rotatable bonds is 9. The van der Waals surface area contributed by atoms with Crippen LogP contribution in [0, 0.1) is 0 Å². The van der Waals surface area contributed by atoms with Crippen LogP contribution in [-0.4, -0.2) is 50.0 Å². The summed E-state index contributed by atoms with van der Waals surface area (Å²) < 4.78 is 26.1. The van der Waals surface area contributed by atoms with Gasteiger partial charge >= 0.3 is 0 Å². The first-order valence-electron chi connectivity index (χ1n) is 11.0. The van der Waals surface area contributed by atoms with E-state index in [0.717, 1.165) is 41.8 Å². The molecule has 0 spiro atoms. The SMILES string of the molecule is CC(C(=O)NC1CCCC1)N(Cc1ccccc1)C(=O)CN(c1ccc(Cl)cc1)S(C)(=O)=O. The normalized spacial score (nSPS) is 15.1. The highest BCUT2D eigenvalue weighted by atomic mass is 35.5. The van der Waals surface area contributed by atoms with E-state index in [4.69, 9.17) is 11.6 Å².